The van der Waals surface area contributed by atoms with E-state index in [4.69, 9.17) is 4.74 Å². The molecule has 3 heterocycles. The molecule has 3 rings (SSSR count). The van der Waals surface area contributed by atoms with Crippen molar-refractivity contribution in [3.05, 3.63) is 28.3 Å². The molecule has 1 amide bonds. The minimum Gasteiger partial charge on any atom is -0.461 e. The van der Waals surface area contributed by atoms with Gasteiger partial charge >= 0.3 is 5.97 Å². The smallest absolute Gasteiger partial charge is 0.359 e. The molecule has 0 fully saturated rings. The van der Waals surface area contributed by atoms with Gasteiger partial charge < -0.3 is 9.64 Å². The summed E-state index contributed by atoms with van der Waals surface area (Å²) in [4.78, 5) is 26.8. The molecule has 0 spiro atoms. The van der Waals surface area contributed by atoms with E-state index in [1.54, 1.807) is 18.7 Å². The van der Waals surface area contributed by atoms with Crippen molar-refractivity contribution < 1.29 is 19.0 Å². The third-order valence-corrected chi connectivity index (χ3v) is 4.66. The van der Waals surface area contributed by atoms with Crippen molar-refractivity contribution in [3.8, 4) is 0 Å². The van der Waals surface area contributed by atoms with Crippen LogP contribution in [0.15, 0.2) is 4.63 Å². The zero-order valence-corrected chi connectivity index (χ0v) is 16.2. The molecule has 0 radical (unpaired) electrons. The molecular weight excluding hydrogens is 350 g/mol. The number of ether oxygens (including phenoxy) is 1. The topological polar surface area (TPSA) is 103 Å². The minimum atomic E-state index is -0.453. The monoisotopic (exact) mass is 375 g/mol. The van der Waals surface area contributed by atoms with E-state index in [0.717, 1.165) is 24.2 Å². The van der Waals surface area contributed by atoms with Crippen LogP contribution in [0.5, 0.6) is 0 Å². The molecule has 0 bridgehead atoms. The van der Waals surface area contributed by atoms with Crippen LogP contribution in [-0.2, 0) is 24.2 Å². The van der Waals surface area contributed by atoms with E-state index in [-0.39, 0.29) is 24.8 Å². The number of aryl methyl sites for hydroxylation is 2. The lowest BCUT2D eigenvalue weighted by Crippen LogP contribution is -2.37. The van der Waals surface area contributed by atoms with Crippen molar-refractivity contribution >= 4 is 11.9 Å². The fraction of sp³-hybridized carbons (Fsp3) is 0.611. The normalized spacial score (nSPS) is 13.7. The van der Waals surface area contributed by atoms with Crippen LogP contribution in [0.25, 0.3) is 0 Å². The van der Waals surface area contributed by atoms with Crippen molar-refractivity contribution in [3.63, 3.8) is 0 Å². The van der Waals surface area contributed by atoms with Crippen molar-refractivity contribution in [1.82, 2.24) is 25.0 Å². The Kier molecular flexibility index (Phi) is 5.57. The molecule has 27 heavy (non-hydrogen) atoms. The number of rotatable bonds is 6. The van der Waals surface area contributed by atoms with Gasteiger partial charge in [0.05, 0.1) is 13.2 Å². The van der Waals surface area contributed by atoms with Crippen LogP contribution in [0, 0.1) is 12.8 Å². The summed E-state index contributed by atoms with van der Waals surface area (Å²) in [7, 11) is 0. The van der Waals surface area contributed by atoms with Crippen LogP contribution in [0.3, 0.4) is 0 Å². The van der Waals surface area contributed by atoms with E-state index < -0.39 is 5.97 Å². The molecule has 146 valence electrons. The summed E-state index contributed by atoms with van der Waals surface area (Å²) in [5.41, 5.74) is 2.69. The van der Waals surface area contributed by atoms with Gasteiger partial charge in [-0.15, -0.1) is 0 Å². The fourth-order valence-corrected chi connectivity index (χ4v) is 3.17. The molecule has 0 saturated heterocycles. The van der Waals surface area contributed by atoms with Crippen LogP contribution in [0.4, 0.5) is 0 Å². The van der Waals surface area contributed by atoms with Gasteiger partial charge in [0.2, 0.25) is 0 Å². The standard InChI is InChI=1S/C18H25N5O4/c1-5-26-18(25)16-13-10-22(17(24)15-12(4)20-27-21-15)8-7-14(13)23(19-16)9-6-11(2)3/h11H,5-10H2,1-4H3. The van der Waals surface area contributed by atoms with E-state index in [2.05, 4.69) is 33.9 Å². The molecule has 0 aromatic carbocycles. The molecule has 9 nitrogen and oxygen atoms in total. The molecule has 0 N–H and O–H groups in total. The van der Waals surface area contributed by atoms with Crippen LogP contribution >= 0.6 is 0 Å². The molecule has 0 saturated carbocycles. The highest BCUT2D eigenvalue weighted by Crippen LogP contribution is 2.25. The minimum absolute atomic E-state index is 0.198. The van der Waals surface area contributed by atoms with E-state index >= 15 is 0 Å². The van der Waals surface area contributed by atoms with E-state index in [9.17, 15) is 9.59 Å². The van der Waals surface area contributed by atoms with Crippen molar-refractivity contribution in [2.75, 3.05) is 13.2 Å². The molecule has 1 aliphatic heterocycles. The number of nitrogens with zero attached hydrogens (tertiary/aromatic N) is 5. The third kappa shape index (κ3) is 3.86. The summed E-state index contributed by atoms with van der Waals surface area (Å²) in [5.74, 6) is -0.185. The molecule has 0 atom stereocenters. The van der Waals surface area contributed by atoms with Gasteiger partial charge in [-0.3, -0.25) is 9.48 Å². The van der Waals surface area contributed by atoms with Gasteiger partial charge in [0.15, 0.2) is 11.4 Å². The number of hydrogen-bond donors (Lipinski definition) is 0. The van der Waals surface area contributed by atoms with Gasteiger partial charge in [0, 0.05) is 30.8 Å². The third-order valence-electron chi connectivity index (χ3n) is 4.66. The van der Waals surface area contributed by atoms with Gasteiger partial charge in [0.1, 0.15) is 5.69 Å². The first-order valence-electron chi connectivity index (χ1n) is 9.26. The highest BCUT2D eigenvalue weighted by atomic mass is 16.6. The molecule has 0 aliphatic carbocycles. The number of amides is 1. The van der Waals surface area contributed by atoms with Crippen LogP contribution in [0.2, 0.25) is 0 Å². The van der Waals surface area contributed by atoms with Gasteiger partial charge in [-0.2, -0.15) is 5.10 Å². The van der Waals surface area contributed by atoms with Crippen molar-refractivity contribution in [2.45, 2.75) is 53.6 Å². The number of fused-ring (bicyclic) bond motifs is 1. The lowest BCUT2D eigenvalue weighted by molar-refractivity contribution is 0.0512. The molecule has 2 aromatic heterocycles. The van der Waals surface area contributed by atoms with Gasteiger partial charge in [-0.25, -0.2) is 9.42 Å². The molecule has 9 heteroatoms. The maximum Gasteiger partial charge on any atom is 0.359 e. The van der Waals surface area contributed by atoms with E-state index in [0.29, 0.717) is 30.3 Å². The van der Waals surface area contributed by atoms with Gasteiger partial charge in [-0.1, -0.05) is 19.0 Å². The predicted molar refractivity (Wildman–Crippen MR) is 95.1 cm³/mol. The molecular formula is C18H25N5O4. The summed E-state index contributed by atoms with van der Waals surface area (Å²) in [6.07, 6.45) is 1.58. The Morgan fingerprint density at radius 2 is 2.04 bits per heavy atom. The first-order chi connectivity index (χ1) is 12.9. The van der Waals surface area contributed by atoms with E-state index in [1.807, 2.05) is 4.68 Å². The van der Waals surface area contributed by atoms with Gasteiger partial charge in [-0.05, 0) is 31.3 Å². The number of carbonyl (C=O) groups is 2. The average molecular weight is 375 g/mol. The van der Waals surface area contributed by atoms with Crippen LogP contribution in [0.1, 0.15) is 65.1 Å². The van der Waals surface area contributed by atoms with Gasteiger partial charge in [0.25, 0.3) is 5.91 Å². The maximum atomic E-state index is 12.7. The highest BCUT2D eigenvalue weighted by Gasteiger charge is 2.32. The fourth-order valence-electron chi connectivity index (χ4n) is 3.17. The quantitative estimate of drug-likeness (QED) is 0.711. The number of esters is 1. The number of carbonyl (C=O) groups excluding carboxylic acids is 2. The van der Waals surface area contributed by atoms with E-state index in [1.165, 1.54) is 0 Å². The Hall–Kier alpha value is -2.71. The highest BCUT2D eigenvalue weighted by molar-refractivity contribution is 5.94. The molecule has 2 aromatic rings. The largest absolute Gasteiger partial charge is 0.461 e. The second kappa shape index (κ2) is 7.89. The Balaban J connectivity index is 1.89. The Morgan fingerprint density at radius 3 is 2.67 bits per heavy atom. The van der Waals surface area contributed by atoms with Crippen molar-refractivity contribution in [1.29, 1.82) is 0 Å². The Labute approximate surface area is 157 Å². The second-order valence-corrected chi connectivity index (χ2v) is 7.07. The Morgan fingerprint density at radius 1 is 1.26 bits per heavy atom. The SMILES string of the molecule is CCOC(=O)c1nn(CCC(C)C)c2c1CN(C(=O)c1nonc1C)CC2. The lowest BCUT2D eigenvalue weighted by atomic mass is 10.0. The van der Waals surface area contributed by atoms with Crippen LogP contribution in [-0.4, -0.2) is 50.0 Å². The Bertz CT molecular complexity index is 839. The zero-order valence-electron chi connectivity index (χ0n) is 16.2. The predicted octanol–water partition coefficient (Wildman–Crippen LogP) is 2.00. The number of hydrogen-bond acceptors (Lipinski definition) is 7. The van der Waals surface area contributed by atoms with Crippen molar-refractivity contribution in [2.24, 2.45) is 5.92 Å². The average Bonchev–Trinajstić information content (AvgIpc) is 3.22. The maximum absolute atomic E-state index is 12.7. The second-order valence-electron chi connectivity index (χ2n) is 7.07. The lowest BCUT2D eigenvalue weighted by Gasteiger charge is -2.27. The number of aromatic nitrogens is 4. The molecule has 1 aliphatic rings. The summed E-state index contributed by atoms with van der Waals surface area (Å²) < 4.78 is 11.7. The molecule has 0 unspecified atom stereocenters. The first-order valence-corrected chi connectivity index (χ1v) is 9.26. The summed E-state index contributed by atoms with van der Waals surface area (Å²) in [6.45, 7) is 9.56. The van der Waals surface area contributed by atoms with Crippen LogP contribution < -0.4 is 0 Å². The first kappa shape index (κ1) is 19.1. The summed E-state index contributed by atoms with van der Waals surface area (Å²) in [5, 5.41) is 11.9. The zero-order chi connectivity index (χ0) is 19.6. The summed E-state index contributed by atoms with van der Waals surface area (Å²) in [6, 6.07) is 0. The summed E-state index contributed by atoms with van der Waals surface area (Å²) >= 11 is 0.